The minimum Gasteiger partial charge on any atom is -0.504 e. The molecule has 0 saturated heterocycles. The molecular formula is C10H10O4. The van der Waals surface area contributed by atoms with Crippen LogP contribution in [-0.2, 0) is 0 Å². The van der Waals surface area contributed by atoms with Gasteiger partial charge in [0.2, 0.25) is 0 Å². The van der Waals surface area contributed by atoms with Crippen LogP contribution in [0.2, 0.25) is 0 Å². The van der Waals surface area contributed by atoms with E-state index in [-0.39, 0.29) is 16.9 Å². The lowest BCUT2D eigenvalue weighted by Gasteiger charge is -2.07. The quantitative estimate of drug-likeness (QED) is 0.552. The molecule has 0 aliphatic rings. The molecule has 0 heterocycles. The highest BCUT2D eigenvalue weighted by Gasteiger charge is 2.18. The van der Waals surface area contributed by atoms with Crippen molar-refractivity contribution >= 4 is 11.6 Å². The van der Waals surface area contributed by atoms with E-state index in [0.29, 0.717) is 0 Å². The van der Waals surface area contributed by atoms with Crippen LogP contribution in [0.4, 0.5) is 0 Å². The van der Waals surface area contributed by atoms with Crippen LogP contribution in [0.25, 0.3) is 0 Å². The Balaban J connectivity index is 3.53. The minimum absolute atomic E-state index is 0.118. The van der Waals surface area contributed by atoms with Gasteiger partial charge < -0.3 is 10.2 Å². The van der Waals surface area contributed by atoms with Crippen LogP contribution in [0.15, 0.2) is 12.1 Å². The summed E-state index contributed by atoms with van der Waals surface area (Å²) in [5.74, 6) is -1.72. The van der Waals surface area contributed by atoms with E-state index < -0.39 is 17.3 Å². The number of benzene rings is 1. The Morgan fingerprint density at radius 3 is 2.07 bits per heavy atom. The smallest absolute Gasteiger partial charge is 0.169 e. The highest BCUT2D eigenvalue weighted by molar-refractivity contribution is 6.09. The van der Waals surface area contributed by atoms with Crippen LogP contribution >= 0.6 is 0 Å². The summed E-state index contributed by atoms with van der Waals surface area (Å²) in [7, 11) is 0. The molecular weight excluding hydrogens is 184 g/mol. The maximum absolute atomic E-state index is 11.1. The first-order chi connectivity index (χ1) is 6.45. The van der Waals surface area contributed by atoms with Gasteiger partial charge in [-0.2, -0.15) is 0 Å². The molecule has 74 valence electrons. The molecule has 0 aliphatic carbocycles. The molecule has 0 aliphatic heterocycles. The summed E-state index contributed by atoms with van der Waals surface area (Å²) in [6, 6.07) is 2.49. The molecule has 0 spiro atoms. The zero-order valence-electron chi connectivity index (χ0n) is 7.87. The number of phenols is 2. The van der Waals surface area contributed by atoms with Gasteiger partial charge in [-0.3, -0.25) is 9.59 Å². The Morgan fingerprint density at radius 1 is 1.07 bits per heavy atom. The van der Waals surface area contributed by atoms with Crippen molar-refractivity contribution in [3.63, 3.8) is 0 Å². The first kappa shape index (κ1) is 10.2. The fraction of sp³-hybridized carbons (Fsp3) is 0.200. The number of hydrogen-bond donors (Lipinski definition) is 2. The third-order valence-corrected chi connectivity index (χ3v) is 1.89. The van der Waals surface area contributed by atoms with Crippen molar-refractivity contribution in [3.8, 4) is 11.5 Å². The number of ketones is 2. The van der Waals surface area contributed by atoms with Crippen LogP contribution in [0.3, 0.4) is 0 Å². The summed E-state index contributed by atoms with van der Waals surface area (Å²) in [5, 5.41) is 18.5. The predicted molar refractivity (Wildman–Crippen MR) is 49.8 cm³/mol. The first-order valence-electron chi connectivity index (χ1n) is 4.02. The standard InChI is InChI=1S/C10H10O4/c1-5(11)7-3-4-8(13)10(14)9(7)6(2)12/h3-4,13-14H,1-2H3. The maximum Gasteiger partial charge on any atom is 0.169 e. The molecule has 0 unspecified atom stereocenters. The largest absolute Gasteiger partial charge is 0.504 e. The Labute approximate surface area is 80.8 Å². The zero-order chi connectivity index (χ0) is 10.9. The van der Waals surface area contributed by atoms with Crippen LogP contribution in [0.1, 0.15) is 34.6 Å². The van der Waals surface area contributed by atoms with E-state index in [9.17, 15) is 14.7 Å². The molecule has 4 heteroatoms. The summed E-state index contributed by atoms with van der Waals surface area (Å²) < 4.78 is 0. The molecule has 1 aromatic rings. The van der Waals surface area contributed by atoms with Gasteiger partial charge in [0.25, 0.3) is 0 Å². The van der Waals surface area contributed by atoms with E-state index in [0.717, 1.165) is 0 Å². The molecule has 0 aromatic heterocycles. The van der Waals surface area contributed by atoms with E-state index in [1.54, 1.807) is 0 Å². The molecule has 0 saturated carbocycles. The third kappa shape index (κ3) is 1.59. The van der Waals surface area contributed by atoms with Crippen LogP contribution < -0.4 is 0 Å². The molecule has 0 bridgehead atoms. The highest BCUT2D eigenvalue weighted by atomic mass is 16.3. The Hall–Kier alpha value is -1.84. The minimum atomic E-state index is -0.537. The van der Waals surface area contributed by atoms with Crippen LogP contribution in [-0.4, -0.2) is 21.8 Å². The third-order valence-electron chi connectivity index (χ3n) is 1.89. The summed E-state index contributed by atoms with van der Waals surface area (Å²) in [4.78, 5) is 22.2. The zero-order valence-corrected chi connectivity index (χ0v) is 7.87. The Kier molecular flexibility index (Phi) is 2.56. The number of Topliss-reactive ketones (excluding diaryl/α,β-unsaturated/α-hetero) is 2. The fourth-order valence-electron chi connectivity index (χ4n) is 1.23. The van der Waals surface area contributed by atoms with E-state index in [1.807, 2.05) is 0 Å². The second-order valence-electron chi connectivity index (χ2n) is 2.97. The average Bonchev–Trinajstić information content (AvgIpc) is 2.08. The van der Waals surface area contributed by atoms with Crippen molar-refractivity contribution in [1.29, 1.82) is 0 Å². The molecule has 2 N–H and O–H groups in total. The molecule has 0 radical (unpaired) electrons. The van der Waals surface area contributed by atoms with Gasteiger partial charge in [-0.15, -0.1) is 0 Å². The van der Waals surface area contributed by atoms with Crippen LogP contribution in [0.5, 0.6) is 11.5 Å². The average molecular weight is 194 g/mol. The Bertz CT molecular complexity index is 407. The van der Waals surface area contributed by atoms with E-state index in [2.05, 4.69) is 0 Å². The van der Waals surface area contributed by atoms with E-state index in [1.165, 1.54) is 26.0 Å². The van der Waals surface area contributed by atoms with Crippen molar-refractivity contribution in [2.75, 3.05) is 0 Å². The second-order valence-corrected chi connectivity index (χ2v) is 2.97. The predicted octanol–water partition coefficient (Wildman–Crippen LogP) is 1.50. The van der Waals surface area contributed by atoms with Gasteiger partial charge in [-0.1, -0.05) is 0 Å². The SMILES string of the molecule is CC(=O)c1ccc(O)c(O)c1C(C)=O. The summed E-state index contributed by atoms with van der Waals surface area (Å²) in [6.07, 6.45) is 0. The lowest BCUT2D eigenvalue weighted by atomic mass is 10.00. The number of rotatable bonds is 2. The molecule has 0 atom stereocenters. The number of carbonyl (C=O) groups excluding carboxylic acids is 2. The van der Waals surface area contributed by atoms with Gasteiger partial charge in [-0.05, 0) is 26.0 Å². The van der Waals surface area contributed by atoms with Gasteiger partial charge in [0.1, 0.15) is 0 Å². The van der Waals surface area contributed by atoms with Gasteiger partial charge in [-0.25, -0.2) is 0 Å². The molecule has 14 heavy (non-hydrogen) atoms. The number of phenolic OH excluding ortho intramolecular Hbond substituents is 2. The van der Waals surface area contributed by atoms with Crippen molar-refractivity contribution in [1.82, 2.24) is 0 Å². The number of hydrogen-bond acceptors (Lipinski definition) is 4. The maximum atomic E-state index is 11.1. The monoisotopic (exact) mass is 194 g/mol. The molecule has 0 amide bonds. The van der Waals surface area contributed by atoms with Gasteiger partial charge in [0.05, 0.1) is 5.56 Å². The summed E-state index contributed by atoms with van der Waals surface area (Å²) in [5.41, 5.74) is -0.00898. The van der Waals surface area contributed by atoms with Crippen molar-refractivity contribution in [2.45, 2.75) is 13.8 Å². The van der Waals surface area contributed by atoms with Crippen LogP contribution in [0, 0.1) is 0 Å². The Morgan fingerprint density at radius 2 is 1.64 bits per heavy atom. The van der Waals surface area contributed by atoms with Gasteiger partial charge in [0, 0.05) is 5.56 Å². The second kappa shape index (κ2) is 3.49. The summed E-state index contributed by atoms with van der Waals surface area (Å²) in [6.45, 7) is 2.51. The normalized spacial score (nSPS) is 9.86. The number of aromatic hydroxyl groups is 2. The fourth-order valence-corrected chi connectivity index (χ4v) is 1.23. The van der Waals surface area contributed by atoms with Crippen molar-refractivity contribution in [3.05, 3.63) is 23.3 Å². The highest BCUT2D eigenvalue weighted by Crippen LogP contribution is 2.31. The lowest BCUT2D eigenvalue weighted by molar-refractivity contribution is 0.0978. The van der Waals surface area contributed by atoms with E-state index in [4.69, 9.17) is 5.11 Å². The van der Waals surface area contributed by atoms with E-state index >= 15 is 0 Å². The molecule has 1 rings (SSSR count). The lowest BCUT2D eigenvalue weighted by Crippen LogP contribution is -2.04. The topological polar surface area (TPSA) is 74.6 Å². The number of carbonyl (C=O) groups is 2. The summed E-state index contributed by atoms with van der Waals surface area (Å²) >= 11 is 0. The molecule has 4 nitrogen and oxygen atoms in total. The molecule has 0 fully saturated rings. The molecule has 1 aromatic carbocycles. The van der Waals surface area contributed by atoms with Gasteiger partial charge >= 0.3 is 0 Å². The van der Waals surface area contributed by atoms with Crippen molar-refractivity contribution < 1.29 is 19.8 Å². The van der Waals surface area contributed by atoms with Gasteiger partial charge in [0.15, 0.2) is 23.1 Å². The first-order valence-corrected chi connectivity index (χ1v) is 4.02. The van der Waals surface area contributed by atoms with Crippen molar-refractivity contribution in [2.24, 2.45) is 0 Å².